The van der Waals surface area contributed by atoms with Gasteiger partial charge in [0.1, 0.15) is 0 Å². The average Bonchev–Trinajstić information content (AvgIpc) is 2.75. The van der Waals surface area contributed by atoms with Crippen LogP contribution in [0.5, 0.6) is 0 Å². The Balaban J connectivity index is 1.20. The van der Waals surface area contributed by atoms with Crippen molar-refractivity contribution in [2.45, 2.75) is 55.9 Å². The molecular formula is C23H29N3O3S. The van der Waals surface area contributed by atoms with Crippen LogP contribution in [0.3, 0.4) is 0 Å². The number of hydrogen-bond donors (Lipinski definition) is 1. The van der Waals surface area contributed by atoms with E-state index >= 15 is 0 Å². The molecule has 5 aliphatic rings. The highest BCUT2D eigenvalue weighted by Gasteiger charge is 2.49. The predicted octanol–water partition coefficient (Wildman–Crippen LogP) is 2.90. The van der Waals surface area contributed by atoms with E-state index in [1.54, 1.807) is 12.1 Å². The maximum Gasteiger partial charge on any atom is 0.243 e. The molecule has 4 saturated carbocycles. The molecule has 1 saturated heterocycles. The Morgan fingerprint density at radius 3 is 2.27 bits per heavy atom. The van der Waals surface area contributed by atoms with Crippen LogP contribution in [0.2, 0.25) is 0 Å². The van der Waals surface area contributed by atoms with Crippen molar-refractivity contribution in [3.8, 4) is 6.07 Å². The van der Waals surface area contributed by atoms with Gasteiger partial charge < -0.3 is 5.32 Å². The monoisotopic (exact) mass is 427 g/mol. The van der Waals surface area contributed by atoms with Gasteiger partial charge in [0.15, 0.2) is 0 Å². The van der Waals surface area contributed by atoms with Crippen LogP contribution in [0, 0.1) is 40.9 Å². The number of piperidine rings is 1. The van der Waals surface area contributed by atoms with Gasteiger partial charge >= 0.3 is 0 Å². The fourth-order valence-electron chi connectivity index (χ4n) is 6.68. The van der Waals surface area contributed by atoms with Crippen molar-refractivity contribution in [2.75, 3.05) is 13.1 Å². The van der Waals surface area contributed by atoms with E-state index in [0.717, 1.165) is 11.8 Å². The Kier molecular flexibility index (Phi) is 5.11. The first-order valence-electron chi connectivity index (χ1n) is 11.2. The zero-order valence-corrected chi connectivity index (χ0v) is 18.0. The van der Waals surface area contributed by atoms with Gasteiger partial charge in [-0.15, -0.1) is 0 Å². The second-order valence-electron chi connectivity index (χ2n) is 9.78. The summed E-state index contributed by atoms with van der Waals surface area (Å²) >= 11 is 0. The number of nitrogens with one attached hydrogen (secondary N) is 1. The Morgan fingerprint density at radius 2 is 1.67 bits per heavy atom. The molecule has 1 amide bonds. The second kappa shape index (κ2) is 7.65. The molecule has 5 fully saturated rings. The second-order valence-corrected chi connectivity index (χ2v) is 11.7. The van der Waals surface area contributed by atoms with Gasteiger partial charge in [-0.2, -0.15) is 9.57 Å². The van der Waals surface area contributed by atoms with Crippen molar-refractivity contribution in [2.24, 2.45) is 29.6 Å². The van der Waals surface area contributed by atoms with Crippen LogP contribution in [0.1, 0.15) is 50.5 Å². The van der Waals surface area contributed by atoms with E-state index in [0.29, 0.717) is 49.4 Å². The predicted molar refractivity (Wildman–Crippen MR) is 112 cm³/mol. The summed E-state index contributed by atoms with van der Waals surface area (Å²) in [6.07, 6.45) is 7.60. The fourth-order valence-corrected chi connectivity index (χ4v) is 8.19. The molecule has 4 aliphatic carbocycles. The third-order valence-electron chi connectivity index (χ3n) is 7.96. The number of nitrogens with zero attached hydrogens (tertiary/aromatic N) is 2. The minimum atomic E-state index is -3.63. The number of sulfonamides is 1. The van der Waals surface area contributed by atoms with Gasteiger partial charge in [-0.3, -0.25) is 4.79 Å². The van der Waals surface area contributed by atoms with Gasteiger partial charge in [-0.1, -0.05) is 6.07 Å². The standard InChI is InChI=1S/C23H29N3O3S/c24-14-15-2-1-3-21(13-15)30(28,29)26-6-4-18(5-7-26)23(27)25-22-19-9-16-8-17(11-19)12-20(22)10-16/h1-3,13,16-20,22H,4-12H2,(H,25,27). The Hall–Kier alpha value is -1.91. The van der Waals surface area contributed by atoms with Crippen LogP contribution in [0.15, 0.2) is 29.2 Å². The molecule has 1 aromatic rings. The van der Waals surface area contributed by atoms with Gasteiger partial charge in [0.05, 0.1) is 16.5 Å². The summed E-state index contributed by atoms with van der Waals surface area (Å²) in [5.41, 5.74) is 0.334. The quantitative estimate of drug-likeness (QED) is 0.800. The molecule has 7 heteroatoms. The normalized spacial score (nSPS) is 33.9. The van der Waals surface area contributed by atoms with E-state index in [4.69, 9.17) is 5.26 Å². The van der Waals surface area contributed by atoms with Gasteiger partial charge in [0, 0.05) is 25.0 Å². The largest absolute Gasteiger partial charge is 0.353 e. The number of amides is 1. The van der Waals surface area contributed by atoms with E-state index in [-0.39, 0.29) is 16.7 Å². The lowest BCUT2D eigenvalue weighted by Gasteiger charge is -2.54. The molecule has 1 heterocycles. The molecule has 1 N–H and O–H groups in total. The minimum absolute atomic E-state index is 0.112. The molecule has 160 valence electrons. The topological polar surface area (TPSA) is 90.3 Å². The number of rotatable bonds is 4. The molecule has 6 nitrogen and oxygen atoms in total. The van der Waals surface area contributed by atoms with E-state index in [1.807, 2.05) is 6.07 Å². The lowest BCUT2D eigenvalue weighted by atomic mass is 9.54. The highest BCUT2D eigenvalue weighted by Crippen LogP contribution is 2.53. The number of carbonyl (C=O) groups excluding carboxylic acids is 1. The first-order chi connectivity index (χ1) is 14.4. The van der Waals surface area contributed by atoms with Crippen LogP contribution in [0.25, 0.3) is 0 Å². The Labute approximate surface area is 178 Å². The fraction of sp³-hybridized carbons (Fsp3) is 0.652. The zero-order valence-electron chi connectivity index (χ0n) is 17.2. The molecule has 0 aromatic heterocycles. The van der Waals surface area contributed by atoms with E-state index in [1.165, 1.54) is 48.5 Å². The van der Waals surface area contributed by atoms with Crippen molar-refractivity contribution < 1.29 is 13.2 Å². The van der Waals surface area contributed by atoms with Crippen molar-refractivity contribution in [3.63, 3.8) is 0 Å². The Morgan fingerprint density at radius 1 is 1.03 bits per heavy atom. The van der Waals surface area contributed by atoms with Crippen LogP contribution in [-0.4, -0.2) is 37.8 Å². The van der Waals surface area contributed by atoms with Gasteiger partial charge in [0.2, 0.25) is 15.9 Å². The van der Waals surface area contributed by atoms with Crippen LogP contribution >= 0.6 is 0 Å². The van der Waals surface area contributed by atoms with Crippen LogP contribution in [-0.2, 0) is 14.8 Å². The van der Waals surface area contributed by atoms with E-state index in [2.05, 4.69) is 5.32 Å². The molecule has 0 radical (unpaired) electrons. The average molecular weight is 428 g/mol. The van der Waals surface area contributed by atoms with Gasteiger partial charge in [-0.05, 0) is 86.8 Å². The highest BCUT2D eigenvalue weighted by molar-refractivity contribution is 7.89. The van der Waals surface area contributed by atoms with Crippen LogP contribution < -0.4 is 5.32 Å². The summed E-state index contributed by atoms with van der Waals surface area (Å²) in [6.45, 7) is 0.692. The summed E-state index contributed by atoms with van der Waals surface area (Å²) in [7, 11) is -3.63. The zero-order chi connectivity index (χ0) is 20.9. The first-order valence-corrected chi connectivity index (χ1v) is 12.7. The molecule has 1 aromatic carbocycles. The molecular weight excluding hydrogens is 398 g/mol. The lowest BCUT2D eigenvalue weighted by molar-refractivity contribution is -0.130. The smallest absolute Gasteiger partial charge is 0.243 e. The lowest BCUT2D eigenvalue weighted by Crippen LogP contribution is -2.57. The molecule has 4 bridgehead atoms. The van der Waals surface area contributed by atoms with E-state index in [9.17, 15) is 13.2 Å². The molecule has 30 heavy (non-hydrogen) atoms. The summed E-state index contributed by atoms with van der Waals surface area (Å²) in [4.78, 5) is 13.1. The first kappa shape index (κ1) is 20.0. The summed E-state index contributed by atoms with van der Waals surface area (Å²) in [6, 6.07) is 8.46. The number of nitriles is 1. The number of benzene rings is 1. The van der Waals surface area contributed by atoms with Crippen LogP contribution in [0.4, 0.5) is 0 Å². The van der Waals surface area contributed by atoms with Crippen molar-refractivity contribution >= 4 is 15.9 Å². The third-order valence-corrected chi connectivity index (χ3v) is 9.86. The maximum atomic E-state index is 13.0. The van der Waals surface area contributed by atoms with Gasteiger partial charge in [0.25, 0.3) is 0 Å². The third kappa shape index (κ3) is 3.54. The van der Waals surface area contributed by atoms with Crippen molar-refractivity contribution in [1.82, 2.24) is 9.62 Å². The van der Waals surface area contributed by atoms with Crippen molar-refractivity contribution in [1.29, 1.82) is 5.26 Å². The maximum absolute atomic E-state index is 13.0. The van der Waals surface area contributed by atoms with Gasteiger partial charge in [-0.25, -0.2) is 8.42 Å². The SMILES string of the molecule is N#Cc1cccc(S(=O)(=O)N2CCC(C(=O)NC3C4CC5CC(C4)CC3C5)CC2)c1. The molecule has 0 unspecified atom stereocenters. The summed E-state index contributed by atoms with van der Waals surface area (Å²) in [5.74, 6) is 3.08. The molecule has 1 aliphatic heterocycles. The minimum Gasteiger partial charge on any atom is -0.353 e. The number of carbonyl (C=O) groups is 1. The Bertz CT molecular complexity index is 948. The molecule has 6 rings (SSSR count). The number of hydrogen-bond acceptors (Lipinski definition) is 4. The summed E-state index contributed by atoms with van der Waals surface area (Å²) < 4.78 is 27.3. The van der Waals surface area contributed by atoms with Crippen molar-refractivity contribution in [3.05, 3.63) is 29.8 Å². The van der Waals surface area contributed by atoms with E-state index < -0.39 is 10.0 Å². The summed E-state index contributed by atoms with van der Waals surface area (Å²) in [5, 5.41) is 12.4. The molecule has 0 spiro atoms. The molecule has 0 atom stereocenters. The highest BCUT2D eigenvalue weighted by atomic mass is 32.2.